The number of imidazole rings is 1. The van der Waals surface area contributed by atoms with Crippen molar-refractivity contribution in [1.29, 1.82) is 0 Å². The molecule has 0 spiro atoms. The summed E-state index contributed by atoms with van der Waals surface area (Å²) in [7, 11) is 0. The van der Waals surface area contributed by atoms with Crippen molar-refractivity contribution < 1.29 is 140 Å². The molecule has 7 amide bonds. The van der Waals surface area contributed by atoms with Crippen molar-refractivity contribution in [2.45, 2.75) is 245 Å². The standard InChI is InChI=1S/C104H148FN17O28/c1-9-72-54-80(150-35-13-12-33-122-62-78(116-121-122)64-149-49-48-148-47-46-147-45-44-146-43-42-145-41-40-144-39-38-143-37-36-142-34-15-18-79(126)25-28-83(106)99(137)138)26-27-81(72)73-23-21-70(22-24-73)53-75(97(135)111-84(96(107)134)20-14-16-71-51-66(2)50-67(3)52-71)55-88(128)86(58-93(132)133)112-98(136)76(63-123)56-89(129)94(68(4)124)115-102(141)104(8,59-74-17-10-11-19-82(74)105)60-90(130)95(69(5)125)114-92(131)30-29-87(127)85(57-91-117-119-120-118-91)113-101(140)103(6,7)100(139)109-32-31-77-61-108-65-110-77/h10-11,17,19,21-24,26-27,50-52,54,61-62,65,68-69,75-76,83-86,94-95,123-125H,9,12-16,18,20,25,28-49,53,55-60,63-64,106H2,1-8H3,(H2,107,134)(H,108,110)(H,109,139)(H,111,135)(H,112,136)(H,113,140)(H,114,131)(H,115,141)(H,132,133)(H,137,138)(H,117,118,119,120)/t68-,69-,75-,76+,83+,84+,85+,86+,94+,95+,104+/m1/s1. The van der Waals surface area contributed by atoms with Crippen LogP contribution in [0.15, 0.2) is 104 Å². The number of carbonyl (C=O) groups is 14. The number of ether oxygens (including phenoxy) is 9. The van der Waals surface area contributed by atoms with E-state index >= 15 is 4.39 Å². The number of nitrogens with one attached hydrogen (secondary N) is 8. The van der Waals surface area contributed by atoms with Gasteiger partial charge in [0, 0.05) is 95.3 Å². The molecule has 824 valence electrons. The minimum atomic E-state index is -2.12. The highest BCUT2D eigenvalue weighted by Gasteiger charge is 2.44. The van der Waals surface area contributed by atoms with Gasteiger partial charge < -0.3 is 117 Å². The quantitative estimate of drug-likeness (QED) is 0.0191. The summed E-state index contributed by atoms with van der Waals surface area (Å²) in [5, 5.41) is 89.3. The van der Waals surface area contributed by atoms with Gasteiger partial charge in [-0.3, -0.25) is 71.8 Å². The molecule has 3 aromatic heterocycles. The van der Waals surface area contributed by atoms with E-state index in [4.69, 9.17) is 59.2 Å². The van der Waals surface area contributed by atoms with Crippen LogP contribution in [0.4, 0.5) is 4.39 Å². The molecule has 3 heterocycles. The first-order valence-electron chi connectivity index (χ1n) is 50.5. The van der Waals surface area contributed by atoms with Crippen molar-refractivity contribution in [3.05, 3.63) is 160 Å². The third kappa shape index (κ3) is 45.5. The number of carboxylic acids is 2. The SMILES string of the molecule is CCc1cc(OCCCCn2cc(COCCOCCOCCOCCOCCOCCOCCOCCCC(=O)CC[C@H](N)C(=O)O)nn2)ccc1-c1ccc(C[C@H](CC(=O)[C@H](CC(=O)O)NC(=O)[C@H](CO)CC(=O)[C@@H](NC(=O)[C@](C)(CC(=O)[C@@H](NC(=O)CCC(=O)[C@H](Cc2nn[nH]n2)NC(=O)C(C)(C)C(=O)NCCc2cnc[nH]2)[C@@H](C)O)Cc2ccccc2F)[C@@H](C)O)C(=O)N[C@@H](CCCc2cc(C)cc(C)c2)C(N)=O)cc1. The summed E-state index contributed by atoms with van der Waals surface area (Å²) in [5.74, 6) is -16.6. The molecule has 7 aromatic rings. The minimum absolute atomic E-state index is 0.0196. The van der Waals surface area contributed by atoms with Crippen molar-refractivity contribution in [1.82, 2.24) is 77.5 Å². The van der Waals surface area contributed by atoms with E-state index in [1.165, 1.54) is 45.3 Å². The average Bonchev–Trinajstić information content (AvgIpc) is 0.979. The lowest BCUT2D eigenvalue weighted by atomic mass is 9.76. The first-order chi connectivity index (χ1) is 71.7. The van der Waals surface area contributed by atoms with Gasteiger partial charge in [-0.15, -0.1) is 15.3 Å². The molecule has 0 saturated heterocycles. The Morgan fingerprint density at radius 1 is 0.560 bits per heavy atom. The molecule has 17 N–H and O–H groups in total. The number of ketones is 5. The van der Waals surface area contributed by atoms with Crippen LogP contribution < -0.4 is 48.1 Å². The van der Waals surface area contributed by atoms with Crippen molar-refractivity contribution in [3.8, 4) is 16.9 Å². The second-order valence-corrected chi connectivity index (χ2v) is 37.7. The predicted molar refractivity (Wildman–Crippen MR) is 540 cm³/mol. The number of hydrogen-bond donors (Lipinski definition) is 15. The zero-order valence-electron chi connectivity index (χ0n) is 86.7. The fourth-order valence-electron chi connectivity index (χ4n) is 16.1. The molecule has 46 heteroatoms. The van der Waals surface area contributed by atoms with E-state index in [9.17, 15) is 87.5 Å². The summed E-state index contributed by atoms with van der Waals surface area (Å²) in [6, 6.07) is 14.7. The van der Waals surface area contributed by atoms with Crippen LogP contribution in [0, 0.1) is 42.3 Å². The maximum Gasteiger partial charge on any atom is 0.320 e. The number of benzene rings is 4. The van der Waals surface area contributed by atoms with Gasteiger partial charge in [0.2, 0.25) is 41.4 Å². The summed E-state index contributed by atoms with van der Waals surface area (Å²) in [5.41, 5.74) is 14.9. The Labute approximate surface area is 870 Å². The fourth-order valence-corrected chi connectivity index (χ4v) is 16.1. The van der Waals surface area contributed by atoms with Gasteiger partial charge in [0.1, 0.15) is 52.6 Å². The molecule has 0 fully saturated rings. The van der Waals surface area contributed by atoms with Crippen LogP contribution in [0.2, 0.25) is 0 Å². The number of primary amides is 1. The highest BCUT2D eigenvalue weighted by Crippen LogP contribution is 2.33. The monoisotopic (exact) mass is 2100 g/mol. The highest BCUT2D eigenvalue weighted by atomic mass is 19.1. The van der Waals surface area contributed by atoms with Crippen LogP contribution >= 0.6 is 0 Å². The molecule has 0 saturated carbocycles. The Kier molecular flexibility index (Phi) is 55.1. The van der Waals surface area contributed by atoms with Crippen LogP contribution in [-0.2, 0) is 157 Å². The summed E-state index contributed by atoms with van der Waals surface area (Å²) < 4.78 is 68.1. The smallest absolute Gasteiger partial charge is 0.320 e. The summed E-state index contributed by atoms with van der Waals surface area (Å²) in [6.45, 7) is 18.1. The number of aryl methyl sites for hydroxylation is 5. The number of halogens is 1. The Morgan fingerprint density at radius 2 is 1.17 bits per heavy atom. The number of amides is 7. The number of aliphatic hydroxyl groups excluding tert-OH is 3. The Morgan fingerprint density at radius 3 is 1.75 bits per heavy atom. The molecule has 0 aliphatic heterocycles. The molecule has 7 rings (SSSR count). The summed E-state index contributed by atoms with van der Waals surface area (Å²) in [6.07, 6.45) is -0.208. The molecular formula is C104H148FN17O28. The van der Waals surface area contributed by atoms with Gasteiger partial charge in [0.25, 0.3) is 0 Å². The number of rotatable bonds is 81. The number of aromatic amines is 2. The van der Waals surface area contributed by atoms with Crippen LogP contribution in [0.25, 0.3) is 11.1 Å². The van der Waals surface area contributed by atoms with Gasteiger partial charge in [0.05, 0.1) is 167 Å². The molecule has 45 nitrogen and oxygen atoms in total. The number of carbonyl (C=O) groups excluding carboxylic acids is 12. The summed E-state index contributed by atoms with van der Waals surface area (Å²) in [4.78, 5) is 198. The Hall–Kier alpha value is -12.9. The van der Waals surface area contributed by atoms with Crippen molar-refractivity contribution in [2.24, 2.45) is 34.1 Å². The number of nitrogens with two attached hydrogens (primary N) is 2. The summed E-state index contributed by atoms with van der Waals surface area (Å²) >= 11 is 0. The number of aliphatic carboxylic acids is 2. The molecule has 0 aliphatic rings. The van der Waals surface area contributed by atoms with Crippen molar-refractivity contribution in [3.63, 3.8) is 0 Å². The van der Waals surface area contributed by atoms with Gasteiger partial charge in [0.15, 0.2) is 29.0 Å². The van der Waals surface area contributed by atoms with E-state index in [1.54, 1.807) is 23.0 Å². The molecule has 11 atom stereocenters. The predicted octanol–water partition coefficient (Wildman–Crippen LogP) is 3.57. The maximum absolute atomic E-state index is 15.7. The van der Waals surface area contributed by atoms with Crippen LogP contribution in [0.1, 0.15) is 182 Å². The Bertz CT molecular complexity index is 5380. The molecule has 150 heavy (non-hydrogen) atoms. The zero-order valence-corrected chi connectivity index (χ0v) is 86.7. The van der Waals surface area contributed by atoms with Crippen molar-refractivity contribution in [2.75, 3.05) is 119 Å². The first kappa shape index (κ1) is 124. The molecule has 4 aromatic carbocycles. The number of aliphatic hydroxyl groups is 3. The van der Waals surface area contributed by atoms with E-state index in [2.05, 4.69) is 72.8 Å². The van der Waals surface area contributed by atoms with Crippen LogP contribution in [0.3, 0.4) is 0 Å². The largest absolute Gasteiger partial charge is 0.494 e. The normalized spacial score (nSPS) is 14.0. The number of tetrazole rings is 1. The Balaban J connectivity index is 0.885. The van der Waals surface area contributed by atoms with E-state index in [0.717, 1.165) is 65.4 Å². The van der Waals surface area contributed by atoms with Gasteiger partial charge in [-0.2, -0.15) is 5.21 Å². The van der Waals surface area contributed by atoms with E-state index in [1.807, 2.05) is 75.5 Å². The van der Waals surface area contributed by atoms with Gasteiger partial charge in [-0.05, 0) is 157 Å². The second-order valence-electron chi connectivity index (χ2n) is 37.7. The first-order valence-corrected chi connectivity index (χ1v) is 50.5. The number of Topliss-reactive ketones (excluding diaryl/α,β-unsaturated/α-hetero) is 5. The zero-order chi connectivity index (χ0) is 110. The lowest BCUT2D eigenvalue weighted by Gasteiger charge is -2.33. The van der Waals surface area contributed by atoms with E-state index in [-0.39, 0.29) is 62.4 Å². The molecule has 0 unspecified atom stereocenters. The average molecular weight is 2100 g/mol. The van der Waals surface area contributed by atoms with Gasteiger partial charge in [-0.1, -0.05) is 102 Å². The maximum atomic E-state index is 15.7. The lowest BCUT2D eigenvalue weighted by molar-refractivity contribution is -0.143. The van der Waals surface area contributed by atoms with Gasteiger partial charge >= 0.3 is 11.9 Å². The molecular weight excluding hydrogens is 1950 g/mol. The number of H-pyrrole nitrogens is 2. The molecule has 0 aliphatic carbocycles. The third-order valence-electron chi connectivity index (χ3n) is 24.7. The number of hydrogen-bond acceptors (Lipinski definition) is 33. The number of unbranched alkanes of at least 4 members (excludes halogenated alkanes) is 1. The fraction of sp³-hybridized carbons (Fsp3) is 0.577. The van der Waals surface area contributed by atoms with Crippen LogP contribution in [0.5, 0.6) is 5.75 Å². The van der Waals surface area contributed by atoms with Crippen LogP contribution in [-0.4, -0.2) is 321 Å². The molecule has 0 radical (unpaired) electrons. The van der Waals surface area contributed by atoms with Crippen molar-refractivity contribution >= 4 is 82.2 Å². The topological polar surface area (TPSA) is 661 Å². The van der Waals surface area contributed by atoms with Gasteiger partial charge in [-0.25, -0.2) is 9.37 Å². The number of carboxylic acid groups (broad SMARTS) is 2. The molecule has 0 bridgehead atoms. The van der Waals surface area contributed by atoms with E-state index < -0.39 is 205 Å². The number of nitrogens with zero attached hydrogens (tertiary/aromatic N) is 7. The highest BCUT2D eigenvalue weighted by molar-refractivity contribution is 6.06. The minimum Gasteiger partial charge on any atom is -0.494 e. The van der Waals surface area contributed by atoms with E-state index in [0.29, 0.717) is 174 Å². The third-order valence-corrected chi connectivity index (χ3v) is 24.7. The second kappa shape index (κ2) is 66.6. The lowest BCUT2D eigenvalue weighted by Crippen LogP contribution is -2.55. The number of aromatic nitrogens is 9.